The molecule has 3 aliphatic rings. The lowest BCUT2D eigenvalue weighted by Gasteiger charge is -2.25. The van der Waals surface area contributed by atoms with Crippen molar-refractivity contribution in [2.24, 2.45) is 23.5 Å². The van der Waals surface area contributed by atoms with Gasteiger partial charge in [0.25, 0.3) is 0 Å². The summed E-state index contributed by atoms with van der Waals surface area (Å²) >= 11 is 0. The molecule has 0 radical (unpaired) electrons. The van der Waals surface area contributed by atoms with E-state index >= 15 is 0 Å². The summed E-state index contributed by atoms with van der Waals surface area (Å²) in [6, 6.07) is 21.3. The Balaban J connectivity index is 0.000000174. The number of benzene rings is 2. The van der Waals surface area contributed by atoms with Crippen LogP contribution >= 0.6 is 0 Å². The molecule has 4 N–H and O–H groups in total. The summed E-state index contributed by atoms with van der Waals surface area (Å²) in [5.41, 5.74) is 8.59. The second kappa shape index (κ2) is 11.1. The largest absolute Gasteiger partial charge is 0.327 e. The van der Waals surface area contributed by atoms with Gasteiger partial charge in [0.1, 0.15) is 0 Å². The third-order valence-corrected chi connectivity index (χ3v) is 7.10. The predicted molar refractivity (Wildman–Crippen MR) is 137 cm³/mol. The van der Waals surface area contributed by atoms with Crippen LogP contribution in [0.3, 0.4) is 0 Å². The molecule has 2 aliphatic carbocycles. The van der Waals surface area contributed by atoms with Crippen LogP contribution < -0.4 is 16.4 Å². The average molecular weight is 430 g/mol. The van der Waals surface area contributed by atoms with E-state index in [1.807, 2.05) is 18.2 Å². The molecule has 1 saturated heterocycles. The van der Waals surface area contributed by atoms with Crippen molar-refractivity contribution in [2.75, 3.05) is 19.6 Å². The number of nitrogens with two attached hydrogens (primary N) is 1. The first-order valence-corrected chi connectivity index (χ1v) is 12.3. The molecule has 1 aliphatic heterocycles. The highest BCUT2D eigenvalue weighted by molar-refractivity contribution is 5.51. The van der Waals surface area contributed by atoms with E-state index in [1.165, 1.54) is 50.0 Å². The fourth-order valence-electron chi connectivity index (χ4n) is 4.39. The van der Waals surface area contributed by atoms with Crippen molar-refractivity contribution in [3.8, 4) is 0 Å². The van der Waals surface area contributed by atoms with Gasteiger partial charge in [-0.05, 0) is 81.1 Å². The number of hydrogen-bond acceptors (Lipinski definition) is 3. The van der Waals surface area contributed by atoms with E-state index in [-0.39, 0.29) is 0 Å². The lowest BCUT2D eigenvalue weighted by atomic mass is 9.97. The maximum atomic E-state index is 5.68. The molecule has 3 fully saturated rings. The average Bonchev–Trinajstić information content (AvgIpc) is 3.74. The minimum absolute atomic E-state index is 0.343. The Bertz CT molecular complexity index is 870. The van der Waals surface area contributed by atoms with E-state index in [9.17, 15) is 0 Å². The Kier molecular flexibility index (Phi) is 7.96. The van der Waals surface area contributed by atoms with Crippen molar-refractivity contribution in [3.63, 3.8) is 0 Å². The third-order valence-electron chi connectivity index (χ3n) is 7.10. The number of piperidine rings is 1. The SMILES string of the molecule is CC1(NCC2CCNCC2)CC1/C=C/c1ccccc1.NC1CC1/C=C/c1ccccc1. The lowest BCUT2D eigenvalue weighted by Crippen LogP contribution is -2.38. The van der Waals surface area contributed by atoms with Crippen molar-refractivity contribution in [3.05, 3.63) is 83.9 Å². The van der Waals surface area contributed by atoms with E-state index in [4.69, 9.17) is 5.73 Å². The van der Waals surface area contributed by atoms with Crippen molar-refractivity contribution in [2.45, 2.75) is 44.2 Å². The van der Waals surface area contributed by atoms with E-state index < -0.39 is 0 Å². The molecule has 170 valence electrons. The molecular formula is C29H39N3. The zero-order chi connectivity index (χ0) is 22.2. The summed E-state index contributed by atoms with van der Waals surface area (Å²) < 4.78 is 0. The molecule has 1 heterocycles. The van der Waals surface area contributed by atoms with Crippen molar-refractivity contribution in [1.29, 1.82) is 0 Å². The molecule has 2 aromatic rings. The summed E-state index contributed by atoms with van der Waals surface area (Å²) in [4.78, 5) is 0. The summed E-state index contributed by atoms with van der Waals surface area (Å²) in [6.07, 6.45) is 14.1. The minimum atomic E-state index is 0.343. The van der Waals surface area contributed by atoms with E-state index in [2.05, 4.69) is 84.3 Å². The smallest absolute Gasteiger partial charge is 0.0223 e. The Hall–Kier alpha value is -2.20. The number of rotatable bonds is 7. The van der Waals surface area contributed by atoms with Crippen molar-refractivity contribution < 1.29 is 0 Å². The van der Waals surface area contributed by atoms with Crippen molar-refractivity contribution >= 4 is 12.2 Å². The summed E-state index contributed by atoms with van der Waals surface area (Å²) in [6.45, 7) is 5.95. The van der Waals surface area contributed by atoms with Gasteiger partial charge < -0.3 is 16.4 Å². The monoisotopic (exact) mass is 429 g/mol. The highest BCUT2D eigenvalue weighted by atomic mass is 15.0. The fraction of sp³-hybridized carbons (Fsp3) is 0.448. The van der Waals surface area contributed by atoms with Crippen LogP contribution in [0.5, 0.6) is 0 Å². The lowest BCUT2D eigenvalue weighted by molar-refractivity contribution is 0.336. The molecule has 3 heteroatoms. The fourth-order valence-corrected chi connectivity index (χ4v) is 4.39. The topological polar surface area (TPSA) is 50.1 Å². The van der Waals surface area contributed by atoms with Gasteiger partial charge in [0.15, 0.2) is 0 Å². The Morgan fingerprint density at radius 3 is 2.06 bits per heavy atom. The molecule has 3 nitrogen and oxygen atoms in total. The molecule has 32 heavy (non-hydrogen) atoms. The van der Waals surface area contributed by atoms with Gasteiger partial charge in [0, 0.05) is 11.6 Å². The number of hydrogen-bond donors (Lipinski definition) is 3. The molecule has 4 unspecified atom stereocenters. The molecule has 0 bridgehead atoms. The van der Waals surface area contributed by atoms with Gasteiger partial charge >= 0.3 is 0 Å². The predicted octanol–water partition coefficient (Wildman–Crippen LogP) is 5.11. The Morgan fingerprint density at radius 2 is 1.50 bits per heavy atom. The normalized spacial score (nSPS) is 29.6. The first kappa shape index (κ1) is 23.0. The zero-order valence-electron chi connectivity index (χ0n) is 19.4. The third kappa shape index (κ3) is 7.16. The molecule has 0 amide bonds. The van der Waals surface area contributed by atoms with E-state index in [1.54, 1.807) is 0 Å². The second-order valence-corrected chi connectivity index (χ2v) is 9.91. The molecular weight excluding hydrogens is 390 g/mol. The highest BCUT2D eigenvalue weighted by Gasteiger charge is 2.47. The molecule has 0 aromatic heterocycles. The standard InChI is InChI=1S/C18H26N2.C11H13N/c1-18(20-14-16-9-11-19-12-10-16)13-17(18)8-7-15-5-3-2-4-6-15;12-11-8-10(11)7-6-9-4-2-1-3-5-9/h2-8,16-17,19-20H,9-14H2,1H3;1-7,10-11H,8,12H2/b8-7+;7-6+. The molecule has 5 rings (SSSR count). The molecule has 4 atom stereocenters. The Labute approximate surface area is 194 Å². The van der Waals surface area contributed by atoms with Crippen LogP contribution in [0.1, 0.15) is 43.7 Å². The first-order chi connectivity index (χ1) is 15.6. The maximum absolute atomic E-state index is 5.68. The van der Waals surface area contributed by atoms with Crippen LogP contribution in [0.4, 0.5) is 0 Å². The van der Waals surface area contributed by atoms with Crippen LogP contribution in [-0.2, 0) is 0 Å². The quantitative estimate of drug-likeness (QED) is 0.573. The van der Waals surface area contributed by atoms with Crippen LogP contribution in [0.2, 0.25) is 0 Å². The maximum Gasteiger partial charge on any atom is 0.0223 e. The van der Waals surface area contributed by atoms with Crippen LogP contribution in [0.25, 0.3) is 12.2 Å². The summed E-state index contributed by atoms with van der Waals surface area (Å²) in [5.74, 6) is 2.20. The number of nitrogens with one attached hydrogen (secondary N) is 2. The molecule has 2 aromatic carbocycles. The minimum Gasteiger partial charge on any atom is -0.327 e. The van der Waals surface area contributed by atoms with E-state index in [0.29, 0.717) is 23.4 Å². The highest BCUT2D eigenvalue weighted by Crippen LogP contribution is 2.44. The van der Waals surface area contributed by atoms with Crippen LogP contribution in [0, 0.1) is 17.8 Å². The zero-order valence-corrected chi connectivity index (χ0v) is 19.4. The first-order valence-electron chi connectivity index (χ1n) is 12.3. The van der Waals surface area contributed by atoms with Crippen molar-refractivity contribution in [1.82, 2.24) is 10.6 Å². The van der Waals surface area contributed by atoms with Gasteiger partial charge in [-0.15, -0.1) is 0 Å². The van der Waals surface area contributed by atoms with Gasteiger partial charge in [0.2, 0.25) is 0 Å². The summed E-state index contributed by atoms with van der Waals surface area (Å²) in [7, 11) is 0. The van der Waals surface area contributed by atoms with Gasteiger partial charge in [0.05, 0.1) is 0 Å². The van der Waals surface area contributed by atoms with E-state index in [0.717, 1.165) is 12.3 Å². The summed E-state index contributed by atoms with van der Waals surface area (Å²) in [5, 5.41) is 7.25. The molecule has 2 saturated carbocycles. The Morgan fingerprint density at radius 1 is 0.938 bits per heavy atom. The second-order valence-electron chi connectivity index (χ2n) is 9.91. The molecule has 0 spiro atoms. The van der Waals surface area contributed by atoms with Gasteiger partial charge in [-0.25, -0.2) is 0 Å². The van der Waals surface area contributed by atoms with Gasteiger partial charge in [-0.2, -0.15) is 0 Å². The van der Waals surface area contributed by atoms with Crippen LogP contribution in [0.15, 0.2) is 72.8 Å². The van der Waals surface area contributed by atoms with Gasteiger partial charge in [-0.3, -0.25) is 0 Å². The van der Waals surface area contributed by atoms with Crippen LogP contribution in [-0.4, -0.2) is 31.2 Å². The van der Waals surface area contributed by atoms with Gasteiger partial charge in [-0.1, -0.05) is 85.0 Å².